The number of carbonyl (C=O) groups is 1. The van der Waals surface area contributed by atoms with Crippen LogP contribution < -0.4 is 5.32 Å². The Hall–Kier alpha value is -1.15. The summed E-state index contributed by atoms with van der Waals surface area (Å²) in [6.45, 7) is 7.52. The maximum absolute atomic E-state index is 12.1. The molecule has 1 N–H and O–H groups in total. The normalized spacial score (nSPS) is 20.5. The van der Waals surface area contributed by atoms with E-state index in [4.69, 9.17) is 0 Å². The molecule has 17 heavy (non-hydrogen) atoms. The van der Waals surface area contributed by atoms with Crippen molar-refractivity contribution in [2.45, 2.75) is 45.1 Å². The van der Waals surface area contributed by atoms with E-state index in [-0.39, 0.29) is 17.2 Å². The first-order chi connectivity index (χ1) is 7.98. The van der Waals surface area contributed by atoms with E-state index in [0.717, 1.165) is 24.9 Å². The van der Waals surface area contributed by atoms with Crippen LogP contribution in [0.15, 0.2) is 24.3 Å². The van der Waals surface area contributed by atoms with Gasteiger partial charge in [-0.1, -0.05) is 45.0 Å². The van der Waals surface area contributed by atoms with Gasteiger partial charge >= 0.3 is 0 Å². The molecule has 2 rings (SSSR count). The molecule has 1 aliphatic heterocycles. The topological polar surface area (TPSA) is 29.1 Å². The van der Waals surface area contributed by atoms with Crippen LogP contribution in [0, 0.1) is 0 Å². The molecule has 1 aromatic carbocycles. The summed E-state index contributed by atoms with van der Waals surface area (Å²) < 4.78 is 0. The number of benzene rings is 1. The van der Waals surface area contributed by atoms with Gasteiger partial charge in [-0.3, -0.25) is 4.79 Å². The Morgan fingerprint density at radius 3 is 2.35 bits per heavy atom. The number of nitrogens with one attached hydrogen (secondary N) is 1. The molecule has 1 aliphatic rings. The van der Waals surface area contributed by atoms with Gasteiger partial charge in [0.25, 0.3) is 0 Å². The number of hydrogen-bond donors (Lipinski definition) is 1. The van der Waals surface area contributed by atoms with E-state index in [9.17, 15) is 4.79 Å². The van der Waals surface area contributed by atoms with E-state index < -0.39 is 0 Å². The minimum Gasteiger partial charge on any atom is -0.307 e. The lowest BCUT2D eigenvalue weighted by Crippen LogP contribution is -2.30. The molecule has 0 unspecified atom stereocenters. The number of rotatable bonds is 2. The van der Waals surface area contributed by atoms with Crippen LogP contribution in [0.5, 0.6) is 0 Å². The lowest BCUT2D eigenvalue weighted by Gasteiger charge is -2.19. The molecule has 1 heterocycles. The molecule has 1 saturated heterocycles. The fourth-order valence-corrected chi connectivity index (χ4v) is 2.24. The molecule has 0 radical (unpaired) electrons. The molecule has 1 fully saturated rings. The Morgan fingerprint density at radius 2 is 1.88 bits per heavy atom. The molecule has 0 aliphatic carbocycles. The van der Waals surface area contributed by atoms with Gasteiger partial charge in [0.15, 0.2) is 5.78 Å². The van der Waals surface area contributed by atoms with Crippen molar-refractivity contribution in [2.75, 3.05) is 6.54 Å². The van der Waals surface area contributed by atoms with Gasteiger partial charge in [0.1, 0.15) is 0 Å². The third kappa shape index (κ3) is 2.75. The molecule has 1 aromatic rings. The predicted octanol–water partition coefficient (Wildman–Crippen LogP) is 2.92. The van der Waals surface area contributed by atoms with Crippen LogP contribution in [0.2, 0.25) is 0 Å². The van der Waals surface area contributed by atoms with Gasteiger partial charge < -0.3 is 5.32 Å². The Balaban J connectivity index is 2.15. The van der Waals surface area contributed by atoms with E-state index in [2.05, 4.69) is 38.2 Å². The molecular weight excluding hydrogens is 210 g/mol. The molecule has 2 nitrogen and oxygen atoms in total. The van der Waals surface area contributed by atoms with Crippen molar-refractivity contribution in [3.05, 3.63) is 35.4 Å². The van der Waals surface area contributed by atoms with Gasteiger partial charge in [0, 0.05) is 5.56 Å². The van der Waals surface area contributed by atoms with Gasteiger partial charge in [-0.2, -0.15) is 0 Å². The second-order valence-electron chi connectivity index (χ2n) is 5.84. The summed E-state index contributed by atoms with van der Waals surface area (Å²) in [5.41, 5.74) is 2.25. The first kappa shape index (κ1) is 12.3. The minimum absolute atomic E-state index is 0.0375. The summed E-state index contributed by atoms with van der Waals surface area (Å²) in [6, 6.07) is 8.10. The van der Waals surface area contributed by atoms with Crippen LogP contribution in [0.25, 0.3) is 0 Å². The smallest absolute Gasteiger partial charge is 0.179 e. The van der Waals surface area contributed by atoms with E-state index in [1.165, 1.54) is 5.56 Å². The second kappa shape index (κ2) is 4.61. The third-order valence-electron chi connectivity index (χ3n) is 3.41. The highest BCUT2D eigenvalue weighted by atomic mass is 16.1. The van der Waals surface area contributed by atoms with Crippen molar-refractivity contribution in [2.24, 2.45) is 0 Å². The Kier molecular flexibility index (Phi) is 3.34. The predicted molar refractivity (Wildman–Crippen MR) is 70.5 cm³/mol. The Morgan fingerprint density at radius 1 is 1.24 bits per heavy atom. The quantitative estimate of drug-likeness (QED) is 0.793. The molecule has 1 atom stereocenters. The molecule has 2 heteroatoms. The maximum Gasteiger partial charge on any atom is 0.179 e. The summed E-state index contributed by atoms with van der Waals surface area (Å²) in [5, 5.41) is 3.25. The zero-order valence-electron chi connectivity index (χ0n) is 10.9. The van der Waals surface area contributed by atoms with Crippen molar-refractivity contribution in [1.82, 2.24) is 5.32 Å². The van der Waals surface area contributed by atoms with Crippen LogP contribution in [-0.2, 0) is 5.41 Å². The van der Waals surface area contributed by atoms with Crippen molar-refractivity contribution < 1.29 is 4.79 Å². The van der Waals surface area contributed by atoms with E-state index >= 15 is 0 Å². The fraction of sp³-hybridized carbons (Fsp3) is 0.533. The minimum atomic E-state index is 0.0375. The summed E-state index contributed by atoms with van der Waals surface area (Å²) in [5.74, 6) is 0.239. The van der Waals surface area contributed by atoms with Gasteiger partial charge in [-0.15, -0.1) is 0 Å². The van der Waals surface area contributed by atoms with Crippen LogP contribution >= 0.6 is 0 Å². The molecule has 0 saturated carbocycles. The molecule has 0 spiro atoms. The molecular formula is C15H21NO. The summed E-state index contributed by atoms with van der Waals surface area (Å²) in [7, 11) is 0. The van der Waals surface area contributed by atoms with Crippen LogP contribution in [-0.4, -0.2) is 18.4 Å². The van der Waals surface area contributed by atoms with Gasteiger partial charge in [-0.05, 0) is 30.4 Å². The number of carbonyl (C=O) groups excluding carboxylic acids is 1. The summed E-state index contributed by atoms with van der Waals surface area (Å²) >= 11 is 0. The molecule has 0 amide bonds. The Labute approximate surface area is 103 Å². The van der Waals surface area contributed by atoms with Gasteiger partial charge in [-0.25, -0.2) is 0 Å². The van der Waals surface area contributed by atoms with Crippen molar-refractivity contribution in [3.8, 4) is 0 Å². The Bertz CT molecular complexity index is 394. The van der Waals surface area contributed by atoms with Crippen LogP contribution in [0.3, 0.4) is 0 Å². The van der Waals surface area contributed by atoms with E-state index in [1.807, 2.05) is 12.1 Å². The fourth-order valence-electron chi connectivity index (χ4n) is 2.24. The number of hydrogen-bond acceptors (Lipinski definition) is 2. The van der Waals surface area contributed by atoms with Gasteiger partial charge in [0.2, 0.25) is 0 Å². The van der Waals surface area contributed by atoms with Crippen molar-refractivity contribution in [1.29, 1.82) is 0 Å². The second-order valence-corrected chi connectivity index (χ2v) is 5.84. The first-order valence-corrected chi connectivity index (χ1v) is 6.36. The van der Waals surface area contributed by atoms with E-state index in [0.29, 0.717) is 0 Å². The third-order valence-corrected chi connectivity index (χ3v) is 3.41. The number of ketones is 1. The monoisotopic (exact) mass is 231 g/mol. The highest BCUT2D eigenvalue weighted by Crippen LogP contribution is 2.23. The summed E-state index contributed by atoms with van der Waals surface area (Å²) in [6.07, 6.45) is 2.08. The highest BCUT2D eigenvalue weighted by molar-refractivity contribution is 6.00. The summed E-state index contributed by atoms with van der Waals surface area (Å²) in [4.78, 5) is 12.1. The average molecular weight is 231 g/mol. The van der Waals surface area contributed by atoms with Crippen LogP contribution in [0.4, 0.5) is 0 Å². The highest BCUT2D eigenvalue weighted by Gasteiger charge is 2.23. The lowest BCUT2D eigenvalue weighted by molar-refractivity contribution is 0.0952. The average Bonchev–Trinajstić information content (AvgIpc) is 2.80. The molecule has 0 bridgehead atoms. The SMILES string of the molecule is CC(C)(C)c1ccc(C(=O)[C@H]2CCCN2)cc1. The van der Waals surface area contributed by atoms with Gasteiger partial charge in [0.05, 0.1) is 6.04 Å². The lowest BCUT2D eigenvalue weighted by atomic mass is 9.86. The zero-order valence-corrected chi connectivity index (χ0v) is 10.9. The molecule has 0 aromatic heterocycles. The van der Waals surface area contributed by atoms with Crippen molar-refractivity contribution in [3.63, 3.8) is 0 Å². The number of Topliss-reactive ketones (excluding diaryl/α,β-unsaturated/α-hetero) is 1. The van der Waals surface area contributed by atoms with Crippen molar-refractivity contribution >= 4 is 5.78 Å². The molecule has 92 valence electrons. The zero-order chi connectivity index (χ0) is 12.5. The van der Waals surface area contributed by atoms with Crippen LogP contribution in [0.1, 0.15) is 49.5 Å². The standard InChI is InChI=1S/C15H21NO/c1-15(2,3)12-8-6-11(7-9-12)14(17)13-5-4-10-16-13/h6-9,13,16H,4-5,10H2,1-3H3/t13-/m1/s1. The largest absolute Gasteiger partial charge is 0.307 e. The van der Waals surface area contributed by atoms with E-state index in [1.54, 1.807) is 0 Å². The maximum atomic E-state index is 12.1. The first-order valence-electron chi connectivity index (χ1n) is 6.36.